The number of carbonyl (C=O) groups is 2. The summed E-state index contributed by atoms with van der Waals surface area (Å²) >= 11 is 0. The minimum Gasteiger partial charge on any atom is -0.347 e. The van der Waals surface area contributed by atoms with E-state index in [1.165, 1.54) is 24.3 Å². The lowest BCUT2D eigenvalue weighted by Gasteiger charge is -2.13. The molecule has 34 heavy (non-hydrogen) atoms. The summed E-state index contributed by atoms with van der Waals surface area (Å²) in [7, 11) is -3.86. The molecule has 0 heterocycles. The van der Waals surface area contributed by atoms with E-state index in [9.17, 15) is 22.4 Å². The molecule has 0 aliphatic heterocycles. The molecule has 0 atom stereocenters. The van der Waals surface area contributed by atoms with E-state index in [1.807, 2.05) is 32.9 Å². The van der Waals surface area contributed by atoms with Gasteiger partial charge in [0.1, 0.15) is 5.82 Å². The van der Waals surface area contributed by atoms with Gasteiger partial charge in [-0.1, -0.05) is 29.8 Å². The molecule has 3 N–H and O–H groups in total. The van der Waals surface area contributed by atoms with Crippen molar-refractivity contribution >= 4 is 33.2 Å². The molecule has 0 aliphatic carbocycles. The van der Waals surface area contributed by atoms with Crippen LogP contribution in [0, 0.1) is 26.6 Å². The van der Waals surface area contributed by atoms with Crippen LogP contribution in [0.15, 0.2) is 65.6 Å². The number of rotatable bonds is 8. The first-order valence-electron chi connectivity index (χ1n) is 10.6. The smallest absolute Gasteiger partial charge is 0.261 e. The SMILES string of the molecule is Cc1cc(C)c(NC(=O)CNC(=O)Cc2ccc(NS(=O)(=O)c3ccc(F)cc3)cc2)c(C)c1. The Morgan fingerprint density at radius 2 is 1.44 bits per heavy atom. The number of halogens is 1. The lowest BCUT2D eigenvalue weighted by atomic mass is 10.1. The van der Waals surface area contributed by atoms with Crippen LogP contribution in [0.5, 0.6) is 0 Å². The number of benzene rings is 3. The van der Waals surface area contributed by atoms with E-state index in [4.69, 9.17) is 0 Å². The summed E-state index contributed by atoms with van der Waals surface area (Å²) in [6.07, 6.45) is 0.0286. The molecular formula is C25H26FN3O4S. The van der Waals surface area contributed by atoms with Crippen molar-refractivity contribution in [2.75, 3.05) is 16.6 Å². The summed E-state index contributed by atoms with van der Waals surface area (Å²) < 4.78 is 40.2. The van der Waals surface area contributed by atoms with Crippen molar-refractivity contribution in [1.82, 2.24) is 5.32 Å². The fraction of sp³-hybridized carbons (Fsp3) is 0.200. The molecule has 0 radical (unpaired) electrons. The monoisotopic (exact) mass is 483 g/mol. The van der Waals surface area contributed by atoms with Gasteiger partial charge in [-0.3, -0.25) is 14.3 Å². The normalized spacial score (nSPS) is 11.1. The van der Waals surface area contributed by atoms with E-state index in [2.05, 4.69) is 15.4 Å². The van der Waals surface area contributed by atoms with E-state index >= 15 is 0 Å². The molecular weight excluding hydrogens is 457 g/mol. The molecule has 3 aromatic carbocycles. The highest BCUT2D eigenvalue weighted by Gasteiger charge is 2.15. The van der Waals surface area contributed by atoms with Gasteiger partial charge in [0.15, 0.2) is 0 Å². The molecule has 3 aromatic rings. The van der Waals surface area contributed by atoms with Crippen LogP contribution in [0.3, 0.4) is 0 Å². The van der Waals surface area contributed by atoms with Gasteiger partial charge in [-0.15, -0.1) is 0 Å². The Kier molecular flexibility index (Phi) is 7.68. The standard InChI is InChI=1S/C25H26FN3O4S/c1-16-12-17(2)25(18(3)13-16)28-24(31)15-27-23(30)14-19-4-8-21(9-5-19)29-34(32,33)22-10-6-20(26)7-11-22/h4-13,29H,14-15H2,1-3H3,(H,27,30)(H,28,31). The molecule has 0 spiro atoms. The third-order valence-corrected chi connectivity index (χ3v) is 6.48. The predicted molar refractivity (Wildman–Crippen MR) is 130 cm³/mol. The highest BCUT2D eigenvalue weighted by molar-refractivity contribution is 7.92. The lowest BCUT2D eigenvalue weighted by molar-refractivity contribution is -0.123. The predicted octanol–water partition coefficient (Wildman–Crippen LogP) is 3.85. The van der Waals surface area contributed by atoms with Gasteiger partial charge in [0.25, 0.3) is 10.0 Å². The largest absolute Gasteiger partial charge is 0.347 e. The Morgan fingerprint density at radius 1 is 0.853 bits per heavy atom. The van der Waals surface area contributed by atoms with Gasteiger partial charge < -0.3 is 10.6 Å². The summed E-state index contributed by atoms with van der Waals surface area (Å²) in [5.74, 6) is -1.19. The highest BCUT2D eigenvalue weighted by Crippen LogP contribution is 2.21. The number of amides is 2. The number of hydrogen-bond acceptors (Lipinski definition) is 4. The number of hydrogen-bond donors (Lipinski definition) is 3. The first kappa shape index (κ1) is 24.9. The summed E-state index contributed by atoms with van der Waals surface area (Å²) in [4.78, 5) is 24.4. The molecule has 0 aliphatic rings. The van der Waals surface area contributed by atoms with Gasteiger partial charge in [0.05, 0.1) is 17.9 Å². The van der Waals surface area contributed by atoms with Gasteiger partial charge in [-0.25, -0.2) is 12.8 Å². The first-order chi connectivity index (χ1) is 16.0. The second-order valence-electron chi connectivity index (χ2n) is 8.03. The van der Waals surface area contributed by atoms with Crippen molar-refractivity contribution in [3.05, 3.63) is 88.7 Å². The average Bonchev–Trinajstić information content (AvgIpc) is 2.76. The molecule has 0 aromatic heterocycles. The fourth-order valence-electron chi connectivity index (χ4n) is 3.51. The van der Waals surface area contributed by atoms with Gasteiger partial charge in [-0.05, 0) is 73.9 Å². The second kappa shape index (κ2) is 10.5. The van der Waals surface area contributed by atoms with Crippen molar-refractivity contribution in [2.45, 2.75) is 32.1 Å². The lowest BCUT2D eigenvalue weighted by Crippen LogP contribution is -2.34. The van der Waals surface area contributed by atoms with Crippen LogP contribution < -0.4 is 15.4 Å². The molecule has 0 unspecified atom stereocenters. The minimum absolute atomic E-state index is 0.0286. The Bertz CT molecular complexity index is 1280. The molecule has 2 amide bonds. The Morgan fingerprint density at radius 3 is 2.03 bits per heavy atom. The number of carbonyl (C=O) groups excluding carboxylic acids is 2. The van der Waals surface area contributed by atoms with Crippen LogP contribution in [0.1, 0.15) is 22.3 Å². The van der Waals surface area contributed by atoms with Crippen molar-refractivity contribution in [1.29, 1.82) is 0 Å². The van der Waals surface area contributed by atoms with Crippen LogP contribution in [-0.2, 0) is 26.0 Å². The Balaban J connectivity index is 1.52. The zero-order valence-electron chi connectivity index (χ0n) is 19.1. The van der Waals surface area contributed by atoms with Crippen LogP contribution in [0.4, 0.5) is 15.8 Å². The summed E-state index contributed by atoms with van der Waals surface area (Å²) in [6.45, 7) is 5.65. The third-order valence-electron chi connectivity index (χ3n) is 5.08. The maximum Gasteiger partial charge on any atom is 0.261 e. The van der Waals surface area contributed by atoms with E-state index in [0.29, 0.717) is 11.3 Å². The number of sulfonamides is 1. The third kappa shape index (κ3) is 6.64. The van der Waals surface area contributed by atoms with E-state index in [1.54, 1.807) is 12.1 Å². The van der Waals surface area contributed by atoms with E-state index in [-0.39, 0.29) is 29.7 Å². The van der Waals surface area contributed by atoms with Crippen molar-refractivity contribution in [3.8, 4) is 0 Å². The number of aryl methyl sites for hydroxylation is 3. The van der Waals surface area contributed by atoms with Gasteiger partial charge in [0.2, 0.25) is 11.8 Å². The molecule has 0 fully saturated rings. The zero-order valence-corrected chi connectivity index (χ0v) is 19.9. The van der Waals surface area contributed by atoms with E-state index in [0.717, 1.165) is 34.5 Å². The van der Waals surface area contributed by atoms with Gasteiger partial charge >= 0.3 is 0 Å². The van der Waals surface area contributed by atoms with Crippen LogP contribution in [0.25, 0.3) is 0 Å². The highest BCUT2D eigenvalue weighted by atomic mass is 32.2. The zero-order chi connectivity index (χ0) is 24.9. The van der Waals surface area contributed by atoms with Gasteiger partial charge in [0, 0.05) is 11.4 Å². The first-order valence-corrected chi connectivity index (χ1v) is 12.0. The molecule has 9 heteroatoms. The van der Waals surface area contributed by atoms with Crippen LogP contribution in [-0.4, -0.2) is 26.8 Å². The number of anilines is 2. The average molecular weight is 484 g/mol. The Hall–Kier alpha value is -3.72. The quantitative estimate of drug-likeness (QED) is 0.453. The van der Waals surface area contributed by atoms with Crippen LogP contribution >= 0.6 is 0 Å². The summed E-state index contributed by atoms with van der Waals surface area (Å²) in [5, 5.41) is 5.42. The van der Waals surface area contributed by atoms with Crippen LogP contribution in [0.2, 0.25) is 0 Å². The van der Waals surface area contributed by atoms with Gasteiger partial charge in [-0.2, -0.15) is 0 Å². The van der Waals surface area contributed by atoms with E-state index < -0.39 is 15.8 Å². The fourth-order valence-corrected chi connectivity index (χ4v) is 4.56. The maximum atomic E-state index is 13.0. The number of nitrogens with one attached hydrogen (secondary N) is 3. The van der Waals surface area contributed by atoms with Crippen molar-refractivity contribution in [2.24, 2.45) is 0 Å². The molecule has 7 nitrogen and oxygen atoms in total. The molecule has 0 saturated heterocycles. The maximum absolute atomic E-state index is 13.0. The summed E-state index contributed by atoms with van der Waals surface area (Å²) in [6, 6.07) is 14.7. The van der Waals surface area contributed by atoms with Crippen molar-refractivity contribution < 1.29 is 22.4 Å². The minimum atomic E-state index is -3.86. The molecule has 0 saturated carbocycles. The second-order valence-corrected chi connectivity index (χ2v) is 9.71. The summed E-state index contributed by atoms with van der Waals surface area (Å²) in [5.41, 5.74) is 4.70. The topological polar surface area (TPSA) is 104 Å². The molecule has 178 valence electrons. The van der Waals surface area contributed by atoms with Crippen molar-refractivity contribution in [3.63, 3.8) is 0 Å². The molecule has 0 bridgehead atoms. The molecule has 3 rings (SSSR count). The Labute approximate surface area is 198 Å².